The minimum absolute atomic E-state index is 0.0278. The van der Waals surface area contributed by atoms with E-state index < -0.39 is 17.1 Å². The molecule has 1 aromatic carbocycles. The number of nitrogens with two attached hydrogens (primary N) is 1. The fraction of sp³-hybridized carbons (Fsp3) is 0.385. The smallest absolute Gasteiger partial charge is 0.237 e. The predicted molar refractivity (Wildman–Crippen MR) is 79.8 cm³/mol. The second kappa shape index (κ2) is 6.30. The molecule has 0 radical (unpaired) electrons. The van der Waals surface area contributed by atoms with Crippen LogP contribution in [0.25, 0.3) is 0 Å². The van der Waals surface area contributed by atoms with Gasteiger partial charge in [0.2, 0.25) is 5.91 Å². The number of halogens is 2. The first-order valence-corrected chi connectivity index (χ1v) is 6.72. The second-order valence-corrected chi connectivity index (χ2v) is 5.11. The van der Waals surface area contributed by atoms with Gasteiger partial charge in [-0.15, -0.1) is 0 Å². The lowest BCUT2D eigenvalue weighted by atomic mass is 9.81. The summed E-state index contributed by atoms with van der Waals surface area (Å²) in [5, 5.41) is 2.85. The van der Waals surface area contributed by atoms with Crippen LogP contribution in [-0.4, -0.2) is 10.9 Å². The molecule has 19 heavy (non-hydrogen) atoms. The zero-order valence-corrected chi connectivity index (χ0v) is 12.4. The van der Waals surface area contributed by atoms with Crippen molar-refractivity contribution in [2.45, 2.75) is 26.7 Å². The molecule has 1 aromatic rings. The molecule has 0 bridgehead atoms. The first-order chi connectivity index (χ1) is 8.87. The van der Waals surface area contributed by atoms with Crippen molar-refractivity contribution >= 4 is 40.4 Å². The van der Waals surface area contributed by atoms with Gasteiger partial charge < -0.3 is 11.1 Å². The number of hydrogen-bond donors (Lipinski definition) is 2. The van der Waals surface area contributed by atoms with E-state index in [0.717, 1.165) is 0 Å². The van der Waals surface area contributed by atoms with Gasteiger partial charge in [-0.05, 0) is 31.0 Å². The van der Waals surface area contributed by atoms with E-state index in [9.17, 15) is 9.18 Å². The van der Waals surface area contributed by atoms with Crippen LogP contribution in [0.3, 0.4) is 0 Å². The highest BCUT2D eigenvalue weighted by Gasteiger charge is 2.38. The highest BCUT2D eigenvalue weighted by atomic mass is 35.5. The molecule has 0 heterocycles. The average Bonchev–Trinajstić information content (AvgIpc) is 2.35. The molecule has 0 aliphatic heterocycles. The van der Waals surface area contributed by atoms with Crippen LogP contribution in [0.1, 0.15) is 26.7 Å². The Balaban J connectivity index is 3.07. The monoisotopic (exact) mass is 302 g/mol. The minimum Gasteiger partial charge on any atom is -0.392 e. The molecule has 1 amide bonds. The molecule has 0 aliphatic carbocycles. The summed E-state index contributed by atoms with van der Waals surface area (Å²) in [7, 11) is 0. The van der Waals surface area contributed by atoms with Crippen LogP contribution < -0.4 is 11.1 Å². The van der Waals surface area contributed by atoms with Crippen molar-refractivity contribution in [3.63, 3.8) is 0 Å². The topological polar surface area (TPSA) is 55.1 Å². The Morgan fingerprint density at radius 1 is 1.47 bits per heavy atom. The third-order valence-electron chi connectivity index (χ3n) is 3.29. The summed E-state index contributed by atoms with van der Waals surface area (Å²) in [4.78, 5) is 12.4. The Morgan fingerprint density at radius 2 is 2.05 bits per heavy atom. The van der Waals surface area contributed by atoms with Crippen molar-refractivity contribution in [1.29, 1.82) is 0 Å². The SMILES string of the molecule is CCC(CC)(C(=O)Nc1cc(Cl)ccc1F)C(N)=S. The molecule has 0 fully saturated rings. The molecule has 0 unspecified atom stereocenters. The predicted octanol–water partition coefficient (Wildman–Crippen LogP) is 3.51. The van der Waals surface area contributed by atoms with E-state index in [1.807, 2.05) is 13.8 Å². The van der Waals surface area contributed by atoms with Crippen molar-refractivity contribution in [2.24, 2.45) is 11.1 Å². The number of nitrogens with one attached hydrogen (secondary N) is 1. The molecule has 0 spiro atoms. The lowest BCUT2D eigenvalue weighted by molar-refractivity contribution is -0.122. The van der Waals surface area contributed by atoms with Crippen molar-refractivity contribution < 1.29 is 9.18 Å². The number of hydrogen-bond acceptors (Lipinski definition) is 2. The molecule has 0 saturated heterocycles. The Kier molecular flexibility index (Phi) is 5.26. The van der Waals surface area contributed by atoms with Gasteiger partial charge in [0, 0.05) is 5.02 Å². The molecular weight excluding hydrogens is 287 g/mol. The molecule has 3 N–H and O–H groups in total. The molecule has 3 nitrogen and oxygen atoms in total. The molecule has 0 aliphatic rings. The number of benzene rings is 1. The number of rotatable bonds is 5. The van der Waals surface area contributed by atoms with Gasteiger partial charge in [-0.1, -0.05) is 37.7 Å². The summed E-state index contributed by atoms with van der Waals surface area (Å²) in [5.41, 5.74) is 4.73. The van der Waals surface area contributed by atoms with Crippen molar-refractivity contribution in [2.75, 3.05) is 5.32 Å². The Morgan fingerprint density at radius 3 is 2.53 bits per heavy atom. The maximum Gasteiger partial charge on any atom is 0.237 e. The van der Waals surface area contributed by atoms with Crippen molar-refractivity contribution in [3.05, 3.63) is 29.0 Å². The second-order valence-electron chi connectivity index (χ2n) is 4.23. The van der Waals surface area contributed by atoms with E-state index in [1.165, 1.54) is 18.2 Å². The summed E-state index contributed by atoms with van der Waals surface area (Å²) in [6.07, 6.45) is 0.902. The Bertz CT molecular complexity index is 503. The number of carbonyl (C=O) groups excluding carboxylic acids is 1. The maximum atomic E-state index is 13.6. The van der Waals surface area contributed by atoms with Crippen LogP contribution >= 0.6 is 23.8 Å². The lowest BCUT2D eigenvalue weighted by Gasteiger charge is -2.29. The van der Waals surface area contributed by atoms with Crippen LogP contribution in [0, 0.1) is 11.2 Å². The first-order valence-electron chi connectivity index (χ1n) is 5.93. The summed E-state index contributed by atoms with van der Waals surface area (Å²) < 4.78 is 13.6. The molecule has 1 rings (SSSR count). The van der Waals surface area contributed by atoms with E-state index >= 15 is 0 Å². The Labute approximate surface area is 122 Å². The van der Waals surface area contributed by atoms with Gasteiger partial charge in [0.15, 0.2) is 0 Å². The van der Waals surface area contributed by atoms with Gasteiger partial charge >= 0.3 is 0 Å². The van der Waals surface area contributed by atoms with E-state index in [2.05, 4.69) is 5.32 Å². The fourth-order valence-corrected chi connectivity index (χ4v) is 2.42. The fourth-order valence-electron chi connectivity index (χ4n) is 1.87. The van der Waals surface area contributed by atoms with Crippen LogP contribution in [0.2, 0.25) is 5.02 Å². The third kappa shape index (κ3) is 3.22. The Hall–Kier alpha value is -1.20. The highest BCUT2D eigenvalue weighted by molar-refractivity contribution is 7.80. The van der Waals surface area contributed by atoms with Crippen LogP contribution in [0.4, 0.5) is 10.1 Å². The summed E-state index contributed by atoms with van der Waals surface area (Å²) in [5.74, 6) is -0.965. The highest BCUT2D eigenvalue weighted by Crippen LogP contribution is 2.30. The van der Waals surface area contributed by atoms with Gasteiger partial charge in [-0.25, -0.2) is 4.39 Å². The number of amides is 1. The summed E-state index contributed by atoms with van der Waals surface area (Å²) in [6, 6.07) is 3.95. The van der Waals surface area contributed by atoms with E-state index in [4.69, 9.17) is 29.6 Å². The van der Waals surface area contributed by atoms with Gasteiger partial charge in [0.25, 0.3) is 0 Å². The standard InChI is InChI=1S/C13H16ClFN2OS/c1-3-13(4-2,11(16)19)12(18)17-10-7-8(14)5-6-9(10)15/h5-7H,3-4H2,1-2H3,(H2,16,19)(H,17,18). The van der Waals surface area contributed by atoms with Crippen molar-refractivity contribution in [3.8, 4) is 0 Å². The van der Waals surface area contributed by atoms with Crippen LogP contribution in [0.15, 0.2) is 18.2 Å². The number of anilines is 1. The summed E-state index contributed by atoms with van der Waals surface area (Å²) >= 11 is 10.8. The van der Waals surface area contributed by atoms with Crippen LogP contribution in [-0.2, 0) is 4.79 Å². The van der Waals surface area contributed by atoms with E-state index in [-0.39, 0.29) is 10.7 Å². The molecule has 6 heteroatoms. The first kappa shape index (κ1) is 15.9. The molecular formula is C13H16ClFN2OS. The van der Waals surface area contributed by atoms with E-state index in [1.54, 1.807) is 0 Å². The quantitative estimate of drug-likeness (QED) is 0.818. The zero-order chi connectivity index (χ0) is 14.6. The van der Waals surface area contributed by atoms with Gasteiger partial charge in [-0.3, -0.25) is 4.79 Å². The zero-order valence-electron chi connectivity index (χ0n) is 10.8. The number of thiocarbonyl (C=S) groups is 1. The maximum absolute atomic E-state index is 13.6. The number of carbonyl (C=O) groups is 1. The molecule has 0 atom stereocenters. The average molecular weight is 303 g/mol. The van der Waals surface area contributed by atoms with Gasteiger partial charge in [-0.2, -0.15) is 0 Å². The summed E-state index contributed by atoms with van der Waals surface area (Å²) in [6.45, 7) is 3.63. The molecule has 0 aromatic heterocycles. The molecule has 104 valence electrons. The normalized spacial score (nSPS) is 11.2. The van der Waals surface area contributed by atoms with Crippen molar-refractivity contribution in [1.82, 2.24) is 0 Å². The van der Waals surface area contributed by atoms with Gasteiger partial charge in [0.1, 0.15) is 5.82 Å². The van der Waals surface area contributed by atoms with Gasteiger partial charge in [0.05, 0.1) is 16.1 Å². The molecule has 0 saturated carbocycles. The minimum atomic E-state index is -0.968. The van der Waals surface area contributed by atoms with Crippen LogP contribution in [0.5, 0.6) is 0 Å². The van der Waals surface area contributed by atoms with E-state index in [0.29, 0.717) is 17.9 Å². The third-order valence-corrected chi connectivity index (χ3v) is 3.92. The largest absolute Gasteiger partial charge is 0.392 e. The lowest BCUT2D eigenvalue weighted by Crippen LogP contribution is -2.45.